The van der Waals surface area contributed by atoms with Gasteiger partial charge < -0.3 is 30.7 Å². The van der Waals surface area contributed by atoms with Crippen LogP contribution in [0.4, 0.5) is 4.79 Å². The van der Waals surface area contributed by atoms with Crippen LogP contribution in [0.15, 0.2) is 54.6 Å². The number of benzene rings is 2. The molecule has 3 amide bonds. The highest BCUT2D eigenvalue weighted by molar-refractivity contribution is 6.30. The van der Waals surface area contributed by atoms with Crippen molar-refractivity contribution < 1.29 is 24.2 Å². The average molecular weight is 643 g/mol. The number of aliphatic hydroxyl groups is 1. The van der Waals surface area contributed by atoms with E-state index in [1.807, 2.05) is 68.3 Å². The number of hydrogen-bond donors (Lipinski definition) is 4. The van der Waals surface area contributed by atoms with Crippen molar-refractivity contribution >= 4 is 29.5 Å². The molecule has 0 bridgehead atoms. The van der Waals surface area contributed by atoms with Crippen LogP contribution in [-0.4, -0.2) is 77.9 Å². The third kappa shape index (κ3) is 11.9. The summed E-state index contributed by atoms with van der Waals surface area (Å²) in [5.41, 5.74) is 1.03. The van der Waals surface area contributed by atoms with E-state index in [1.165, 1.54) is 0 Å². The molecule has 248 valence electrons. The van der Waals surface area contributed by atoms with Crippen LogP contribution >= 0.6 is 11.6 Å². The minimum atomic E-state index is -1.10. The summed E-state index contributed by atoms with van der Waals surface area (Å²) in [6.07, 6.45) is 0.643. The van der Waals surface area contributed by atoms with Gasteiger partial charge in [0, 0.05) is 30.1 Å². The van der Waals surface area contributed by atoms with Crippen molar-refractivity contribution in [3.8, 4) is 0 Å². The fourth-order valence-corrected chi connectivity index (χ4v) is 5.88. The zero-order valence-electron chi connectivity index (χ0n) is 27.5. The normalized spacial score (nSPS) is 16.9. The van der Waals surface area contributed by atoms with Crippen LogP contribution in [0.3, 0.4) is 0 Å². The summed E-state index contributed by atoms with van der Waals surface area (Å²) in [5, 5.41) is 21.3. The molecule has 0 radical (unpaired) electrons. The smallest absolute Gasteiger partial charge is 0.407 e. The molecule has 1 aliphatic rings. The predicted octanol–water partition coefficient (Wildman–Crippen LogP) is 4.74. The molecule has 2 aromatic carbocycles. The predicted molar refractivity (Wildman–Crippen MR) is 178 cm³/mol. The molecule has 0 saturated carbocycles. The number of hydrogen-bond acceptors (Lipinski definition) is 6. The Morgan fingerprint density at radius 3 is 2.20 bits per heavy atom. The lowest BCUT2D eigenvalue weighted by Gasteiger charge is -2.36. The Kier molecular flexibility index (Phi) is 13.7. The summed E-state index contributed by atoms with van der Waals surface area (Å²) in [5.74, 6) is -1.27. The van der Waals surface area contributed by atoms with E-state index in [-0.39, 0.29) is 24.2 Å². The highest BCUT2D eigenvalue weighted by Crippen LogP contribution is 2.22. The van der Waals surface area contributed by atoms with Gasteiger partial charge in [0.1, 0.15) is 11.6 Å². The zero-order valence-corrected chi connectivity index (χ0v) is 28.3. The van der Waals surface area contributed by atoms with Gasteiger partial charge in [0.25, 0.3) is 0 Å². The first kappa shape index (κ1) is 36.3. The fourth-order valence-electron chi connectivity index (χ4n) is 5.67. The van der Waals surface area contributed by atoms with Crippen molar-refractivity contribution in [2.24, 2.45) is 11.8 Å². The maximum absolute atomic E-state index is 14.0. The molecular formula is C35H51ClN4O5. The Hall–Kier alpha value is -3.14. The van der Waals surface area contributed by atoms with Gasteiger partial charge in [0.2, 0.25) is 11.8 Å². The molecule has 0 spiro atoms. The number of nitrogens with one attached hydrogen (secondary N) is 3. The molecule has 45 heavy (non-hydrogen) atoms. The van der Waals surface area contributed by atoms with Crippen molar-refractivity contribution in [1.82, 2.24) is 20.9 Å². The number of nitrogens with zero attached hydrogens (tertiary/aromatic N) is 1. The molecule has 2 aromatic rings. The summed E-state index contributed by atoms with van der Waals surface area (Å²) < 4.78 is 5.49. The molecule has 1 heterocycles. The molecule has 9 nitrogen and oxygen atoms in total. The Balaban J connectivity index is 1.84. The zero-order chi connectivity index (χ0) is 33.1. The van der Waals surface area contributed by atoms with Gasteiger partial charge in [-0.1, -0.05) is 67.9 Å². The minimum absolute atomic E-state index is 0.0399. The molecule has 0 aliphatic carbocycles. The maximum atomic E-state index is 14.0. The van der Waals surface area contributed by atoms with Gasteiger partial charge in [-0.3, -0.25) is 9.59 Å². The van der Waals surface area contributed by atoms with E-state index in [0.717, 1.165) is 24.0 Å². The molecule has 1 aliphatic heterocycles. The first-order chi connectivity index (χ1) is 21.3. The Bertz CT molecular complexity index is 1240. The molecule has 4 N–H and O–H groups in total. The topological polar surface area (TPSA) is 120 Å². The molecule has 1 saturated heterocycles. The van der Waals surface area contributed by atoms with Gasteiger partial charge in [-0.05, 0) is 89.1 Å². The number of alkyl carbamates (subject to hydrolysis) is 1. The third-order valence-corrected chi connectivity index (χ3v) is 8.41. The summed E-state index contributed by atoms with van der Waals surface area (Å²) in [6, 6.07) is 15.7. The highest BCUT2D eigenvalue weighted by Gasteiger charge is 2.35. The van der Waals surface area contributed by atoms with Crippen molar-refractivity contribution in [1.29, 1.82) is 0 Å². The van der Waals surface area contributed by atoms with E-state index in [0.29, 0.717) is 37.0 Å². The molecule has 10 heteroatoms. The van der Waals surface area contributed by atoms with Crippen LogP contribution in [-0.2, 0) is 27.2 Å². The number of halogens is 1. The second-order valence-corrected chi connectivity index (χ2v) is 13.8. The summed E-state index contributed by atoms with van der Waals surface area (Å²) >= 11 is 6.27. The number of carbonyl (C=O) groups is 3. The first-order valence-electron chi connectivity index (χ1n) is 16.0. The third-order valence-electron chi connectivity index (χ3n) is 8.18. The minimum Gasteiger partial charge on any atom is -0.444 e. The highest BCUT2D eigenvalue weighted by atomic mass is 35.5. The second-order valence-electron chi connectivity index (χ2n) is 13.4. The van der Waals surface area contributed by atoms with Gasteiger partial charge in [-0.2, -0.15) is 0 Å². The number of carbonyl (C=O) groups excluding carboxylic acids is 3. The number of amides is 3. The van der Waals surface area contributed by atoms with Crippen molar-refractivity contribution in [2.45, 2.75) is 96.6 Å². The van der Waals surface area contributed by atoms with Crippen LogP contribution in [0.25, 0.3) is 0 Å². The standard InChI is InChI=1S/C35H51ClN4O5/c1-23(2)31(33(43)40-17-15-28(37-6)16-18-40)39-32(42)26(19-25-13-10-14-27(36)20-25)22-30(41)29(21-24-11-8-7-9-12-24)38-34(44)45-35(3,4)5/h7-14,20,23,26,28-31,37,41H,15-19,21-22H2,1-6H3,(H,38,44)(H,39,42)/t26-,29-,30+,31-/m0/s1. The monoisotopic (exact) mass is 642 g/mol. The lowest BCUT2D eigenvalue weighted by Crippen LogP contribution is -2.55. The number of rotatable bonds is 13. The van der Waals surface area contributed by atoms with Crippen LogP contribution in [0.2, 0.25) is 5.02 Å². The van der Waals surface area contributed by atoms with E-state index in [4.69, 9.17) is 16.3 Å². The first-order valence-corrected chi connectivity index (χ1v) is 16.4. The van der Waals surface area contributed by atoms with Crippen molar-refractivity contribution in [3.05, 3.63) is 70.7 Å². The quantitative estimate of drug-likeness (QED) is 0.251. The number of piperidine rings is 1. The molecule has 1 fully saturated rings. The Morgan fingerprint density at radius 2 is 1.62 bits per heavy atom. The van der Waals surface area contributed by atoms with Gasteiger partial charge >= 0.3 is 6.09 Å². The Labute approximate surface area is 273 Å². The van der Waals surface area contributed by atoms with Gasteiger partial charge in [0.05, 0.1) is 12.1 Å². The maximum Gasteiger partial charge on any atom is 0.407 e. The van der Waals surface area contributed by atoms with E-state index in [9.17, 15) is 19.5 Å². The molecule has 0 aromatic heterocycles. The summed E-state index contributed by atoms with van der Waals surface area (Å²) in [4.78, 5) is 42.3. The van der Waals surface area contributed by atoms with E-state index in [1.54, 1.807) is 32.9 Å². The molecule has 0 unspecified atom stereocenters. The van der Waals surface area contributed by atoms with Gasteiger partial charge in [-0.15, -0.1) is 0 Å². The SMILES string of the molecule is CNC1CCN(C(=O)[C@@H](NC(=O)[C@@H](Cc2cccc(Cl)c2)C[C@@H](O)[C@H](Cc2ccccc2)NC(=O)OC(C)(C)C)C(C)C)CC1. The fraction of sp³-hybridized carbons (Fsp3) is 0.571. The Morgan fingerprint density at radius 1 is 0.978 bits per heavy atom. The summed E-state index contributed by atoms with van der Waals surface area (Å²) in [7, 11) is 1.93. The van der Waals surface area contributed by atoms with Gasteiger partial charge in [0.15, 0.2) is 0 Å². The molecule has 4 atom stereocenters. The average Bonchev–Trinajstić information content (AvgIpc) is 2.98. The van der Waals surface area contributed by atoms with Crippen molar-refractivity contribution in [2.75, 3.05) is 20.1 Å². The van der Waals surface area contributed by atoms with Crippen LogP contribution in [0.5, 0.6) is 0 Å². The number of likely N-dealkylation sites (tertiary alicyclic amines) is 1. The van der Waals surface area contributed by atoms with Crippen LogP contribution in [0, 0.1) is 11.8 Å². The van der Waals surface area contributed by atoms with Crippen molar-refractivity contribution in [3.63, 3.8) is 0 Å². The van der Waals surface area contributed by atoms with Crippen LogP contribution < -0.4 is 16.0 Å². The number of aliphatic hydroxyl groups excluding tert-OH is 1. The lowest BCUT2D eigenvalue weighted by atomic mass is 9.88. The molecular weight excluding hydrogens is 592 g/mol. The molecule has 3 rings (SSSR count). The van der Waals surface area contributed by atoms with E-state index in [2.05, 4.69) is 16.0 Å². The second kappa shape index (κ2) is 17.0. The largest absolute Gasteiger partial charge is 0.444 e. The lowest BCUT2D eigenvalue weighted by molar-refractivity contribution is -0.139. The number of ether oxygens (including phenoxy) is 1. The van der Waals surface area contributed by atoms with Crippen LogP contribution in [0.1, 0.15) is 65.0 Å². The van der Waals surface area contributed by atoms with E-state index < -0.39 is 35.8 Å². The van der Waals surface area contributed by atoms with E-state index >= 15 is 0 Å². The van der Waals surface area contributed by atoms with Gasteiger partial charge in [-0.25, -0.2) is 4.79 Å². The summed E-state index contributed by atoms with van der Waals surface area (Å²) in [6.45, 7) is 10.4.